The molecule has 21 heavy (non-hydrogen) atoms. The first kappa shape index (κ1) is 13.1. The molecular weight excluding hydrogens is 270 g/mol. The van der Waals surface area contributed by atoms with Crippen LogP contribution in [0.3, 0.4) is 0 Å². The van der Waals surface area contributed by atoms with E-state index in [1.165, 1.54) is 6.20 Å². The van der Waals surface area contributed by atoms with Crippen LogP contribution < -0.4 is 5.56 Å². The zero-order chi connectivity index (χ0) is 14.8. The Morgan fingerprint density at radius 3 is 2.81 bits per heavy atom. The normalized spacial score (nSPS) is 10.7. The van der Waals surface area contributed by atoms with E-state index in [1.54, 1.807) is 18.2 Å². The summed E-state index contributed by atoms with van der Waals surface area (Å²) in [7, 11) is 0. The molecule has 0 aliphatic rings. The summed E-state index contributed by atoms with van der Waals surface area (Å²) in [5.74, 6) is 0.492. The van der Waals surface area contributed by atoms with Crippen molar-refractivity contribution in [1.29, 1.82) is 0 Å². The molecule has 0 saturated heterocycles. The molecule has 3 aromatic rings. The molecule has 0 amide bonds. The van der Waals surface area contributed by atoms with Gasteiger partial charge in [0.25, 0.3) is 11.4 Å². The molecule has 2 heterocycles. The molecular formula is C15H13N3O3. The molecule has 6 heteroatoms. The molecule has 0 bridgehead atoms. The van der Waals surface area contributed by atoms with E-state index < -0.39 is 0 Å². The number of hydrogen-bond donors (Lipinski definition) is 2. The van der Waals surface area contributed by atoms with Crippen molar-refractivity contribution >= 4 is 0 Å². The number of phenols is 1. The Balaban J connectivity index is 2.07. The zero-order valence-electron chi connectivity index (χ0n) is 11.3. The molecule has 0 spiro atoms. The van der Waals surface area contributed by atoms with E-state index in [1.807, 2.05) is 19.1 Å². The van der Waals surface area contributed by atoms with Crippen molar-refractivity contribution in [1.82, 2.24) is 15.1 Å². The predicted octanol–water partition coefficient (Wildman–Crippen LogP) is 2.36. The molecule has 0 aliphatic heterocycles. The SMILES string of the molecule is CCc1cccc(-c2nc(-c3ccc[nH]c3=O)no2)c1O. The summed E-state index contributed by atoms with van der Waals surface area (Å²) in [4.78, 5) is 18.4. The number of aromatic nitrogens is 3. The zero-order valence-corrected chi connectivity index (χ0v) is 11.3. The van der Waals surface area contributed by atoms with Crippen LogP contribution in [0.4, 0.5) is 0 Å². The maximum absolute atomic E-state index is 11.7. The third-order valence-corrected chi connectivity index (χ3v) is 3.22. The highest BCUT2D eigenvalue weighted by molar-refractivity contribution is 5.66. The minimum atomic E-state index is -0.295. The Morgan fingerprint density at radius 2 is 2.05 bits per heavy atom. The summed E-state index contributed by atoms with van der Waals surface area (Å²) >= 11 is 0. The standard InChI is InChI=1S/C15H13N3O3/c1-2-9-5-3-6-10(12(9)19)15-17-13(18-21-15)11-7-4-8-16-14(11)20/h3-8,19H,2H2,1H3,(H,16,20). The topological polar surface area (TPSA) is 92.0 Å². The summed E-state index contributed by atoms with van der Waals surface area (Å²) in [5.41, 5.74) is 1.28. The third kappa shape index (κ3) is 2.31. The van der Waals surface area contributed by atoms with Gasteiger partial charge >= 0.3 is 0 Å². The average Bonchev–Trinajstić information content (AvgIpc) is 2.97. The van der Waals surface area contributed by atoms with Gasteiger partial charge < -0.3 is 14.6 Å². The molecule has 6 nitrogen and oxygen atoms in total. The second-order valence-corrected chi connectivity index (χ2v) is 4.50. The van der Waals surface area contributed by atoms with E-state index >= 15 is 0 Å². The minimum Gasteiger partial charge on any atom is -0.507 e. The van der Waals surface area contributed by atoms with Gasteiger partial charge in [0.2, 0.25) is 5.82 Å². The van der Waals surface area contributed by atoms with E-state index in [4.69, 9.17) is 4.52 Å². The number of phenolic OH excluding ortho intramolecular Hbond substituents is 1. The second-order valence-electron chi connectivity index (χ2n) is 4.50. The Kier molecular flexibility index (Phi) is 3.27. The number of aromatic hydroxyl groups is 1. The molecule has 0 fully saturated rings. The fourth-order valence-corrected chi connectivity index (χ4v) is 2.09. The predicted molar refractivity (Wildman–Crippen MR) is 76.8 cm³/mol. The molecule has 0 saturated carbocycles. The fourth-order valence-electron chi connectivity index (χ4n) is 2.09. The molecule has 0 unspecified atom stereocenters. The lowest BCUT2D eigenvalue weighted by molar-refractivity contribution is 0.424. The summed E-state index contributed by atoms with van der Waals surface area (Å²) in [6.07, 6.45) is 2.22. The number of hydrogen-bond acceptors (Lipinski definition) is 5. The molecule has 0 radical (unpaired) electrons. The van der Waals surface area contributed by atoms with Crippen LogP contribution in [0.5, 0.6) is 5.75 Å². The van der Waals surface area contributed by atoms with Gasteiger partial charge in [0.15, 0.2) is 0 Å². The smallest absolute Gasteiger partial charge is 0.262 e. The van der Waals surface area contributed by atoms with Crippen LogP contribution in [-0.2, 0) is 6.42 Å². The quantitative estimate of drug-likeness (QED) is 0.769. The van der Waals surface area contributed by atoms with Gasteiger partial charge in [-0.25, -0.2) is 0 Å². The lowest BCUT2D eigenvalue weighted by Gasteiger charge is -2.04. The van der Waals surface area contributed by atoms with Crippen molar-refractivity contribution in [2.45, 2.75) is 13.3 Å². The summed E-state index contributed by atoms with van der Waals surface area (Å²) in [6.45, 7) is 1.95. The first-order valence-electron chi connectivity index (χ1n) is 6.53. The molecule has 3 rings (SSSR count). The lowest BCUT2D eigenvalue weighted by Crippen LogP contribution is -2.07. The monoisotopic (exact) mass is 283 g/mol. The Labute approximate surface area is 120 Å². The van der Waals surface area contributed by atoms with Gasteiger partial charge in [0.05, 0.1) is 11.1 Å². The average molecular weight is 283 g/mol. The largest absolute Gasteiger partial charge is 0.507 e. The van der Waals surface area contributed by atoms with Gasteiger partial charge in [-0.15, -0.1) is 0 Å². The highest BCUT2D eigenvalue weighted by atomic mass is 16.5. The van der Waals surface area contributed by atoms with Crippen molar-refractivity contribution in [3.05, 3.63) is 52.4 Å². The van der Waals surface area contributed by atoms with Crippen LogP contribution in [0.15, 0.2) is 45.8 Å². The van der Waals surface area contributed by atoms with Gasteiger partial charge in [0, 0.05) is 6.20 Å². The molecule has 1 aromatic carbocycles. The molecule has 0 atom stereocenters. The first-order valence-corrected chi connectivity index (χ1v) is 6.53. The van der Waals surface area contributed by atoms with E-state index in [0.29, 0.717) is 17.5 Å². The Morgan fingerprint density at radius 1 is 1.24 bits per heavy atom. The first-order chi connectivity index (χ1) is 10.2. The van der Waals surface area contributed by atoms with Crippen LogP contribution >= 0.6 is 0 Å². The minimum absolute atomic E-state index is 0.122. The number of para-hydroxylation sites is 1. The van der Waals surface area contributed by atoms with Crippen LogP contribution in [0.2, 0.25) is 0 Å². The number of nitrogens with zero attached hydrogens (tertiary/aromatic N) is 2. The van der Waals surface area contributed by atoms with Gasteiger partial charge in [-0.3, -0.25) is 4.79 Å². The molecule has 2 aromatic heterocycles. The van der Waals surface area contributed by atoms with Crippen molar-refractivity contribution in [3.63, 3.8) is 0 Å². The Hall–Kier alpha value is -2.89. The van der Waals surface area contributed by atoms with Crippen molar-refractivity contribution in [2.24, 2.45) is 0 Å². The number of nitrogens with one attached hydrogen (secondary N) is 1. The number of benzene rings is 1. The molecule has 0 aliphatic carbocycles. The van der Waals surface area contributed by atoms with Crippen LogP contribution in [0, 0.1) is 0 Å². The van der Waals surface area contributed by atoms with Crippen molar-refractivity contribution < 1.29 is 9.63 Å². The van der Waals surface area contributed by atoms with Gasteiger partial charge in [-0.05, 0) is 30.2 Å². The molecule has 106 valence electrons. The Bertz CT molecular complexity index is 836. The van der Waals surface area contributed by atoms with Crippen LogP contribution in [-0.4, -0.2) is 20.2 Å². The number of pyridine rings is 1. The number of aromatic amines is 1. The lowest BCUT2D eigenvalue weighted by atomic mass is 10.1. The fraction of sp³-hybridized carbons (Fsp3) is 0.133. The van der Waals surface area contributed by atoms with E-state index in [9.17, 15) is 9.90 Å². The summed E-state index contributed by atoms with van der Waals surface area (Å²) < 4.78 is 5.17. The van der Waals surface area contributed by atoms with Crippen LogP contribution in [0.25, 0.3) is 22.8 Å². The maximum atomic E-state index is 11.7. The van der Waals surface area contributed by atoms with Gasteiger partial charge in [-0.2, -0.15) is 4.98 Å². The number of aryl methyl sites for hydroxylation is 1. The van der Waals surface area contributed by atoms with Gasteiger partial charge in [-0.1, -0.05) is 24.2 Å². The highest BCUT2D eigenvalue weighted by Crippen LogP contribution is 2.32. The van der Waals surface area contributed by atoms with E-state index in [0.717, 1.165) is 5.56 Å². The summed E-state index contributed by atoms with van der Waals surface area (Å²) in [6, 6.07) is 8.63. The summed E-state index contributed by atoms with van der Waals surface area (Å²) in [5, 5.41) is 14.0. The maximum Gasteiger partial charge on any atom is 0.262 e. The van der Waals surface area contributed by atoms with Crippen molar-refractivity contribution in [2.75, 3.05) is 0 Å². The third-order valence-electron chi connectivity index (χ3n) is 3.22. The van der Waals surface area contributed by atoms with Gasteiger partial charge in [0.1, 0.15) is 5.75 Å². The van der Waals surface area contributed by atoms with Crippen molar-refractivity contribution in [3.8, 4) is 28.6 Å². The van der Waals surface area contributed by atoms with E-state index in [-0.39, 0.29) is 23.0 Å². The molecule has 2 N–H and O–H groups in total. The number of rotatable bonds is 3. The second kappa shape index (κ2) is 5.24. The van der Waals surface area contributed by atoms with E-state index in [2.05, 4.69) is 15.1 Å². The number of H-pyrrole nitrogens is 1. The highest BCUT2D eigenvalue weighted by Gasteiger charge is 2.16. The van der Waals surface area contributed by atoms with Crippen LogP contribution in [0.1, 0.15) is 12.5 Å².